The van der Waals surface area contributed by atoms with E-state index in [0.29, 0.717) is 23.7 Å². The molecule has 0 spiro atoms. The molecule has 0 amide bonds. The summed E-state index contributed by atoms with van der Waals surface area (Å²) in [6.45, 7) is 6.55. The van der Waals surface area contributed by atoms with Crippen molar-refractivity contribution < 1.29 is 9.50 Å². The van der Waals surface area contributed by atoms with Crippen LogP contribution in [-0.2, 0) is 0 Å². The van der Waals surface area contributed by atoms with Crippen molar-refractivity contribution in [3.05, 3.63) is 0 Å². The summed E-state index contributed by atoms with van der Waals surface area (Å²) in [4.78, 5) is 0. The summed E-state index contributed by atoms with van der Waals surface area (Å²) in [6.07, 6.45) is 4.37. The Hall–Kier alpha value is -0.110. The fourth-order valence-electron chi connectivity index (χ4n) is 2.68. The van der Waals surface area contributed by atoms with Gasteiger partial charge in [0.2, 0.25) is 0 Å². The second-order valence-electron chi connectivity index (χ2n) is 6.03. The summed E-state index contributed by atoms with van der Waals surface area (Å²) in [5.41, 5.74) is 0.327. The first-order valence-electron chi connectivity index (χ1n) is 6.19. The first-order chi connectivity index (χ1) is 6.95. The zero-order valence-electron chi connectivity index (χ0n) is 10.3. The molecule has 0 saturated heterocycles. The zero-order valence-corrected chi connectivity index (χ0v) is 10.3. The zero-order chi connectivity index (χ0) is 11.5. The largest absolute Gasteiger partial charge is 0.393 e. The summed E-state index contributed by atoms with van der Waals surface area (Å²) in [7, 11) is 0. The number of halogens is 1. The molecule has 1 saturated carbocycles. The van der Waals surface area contributed by atoms with Gasteiger partial charge in [-0.1, -0.05) is 20.8 Å². The Morgan fingerprint density at radius 1 is 1.27 bits per heavy atom. The van der Waals surface area contributed by atoms with Crippen molar-refractivity contribution in [2.45, 2.75) is 59.0 Å². The lowest BCUT2D eigenvalue weighted by molar-refractivity contribution is 0.0144. The highest BCUT2D eigenvalue weighted by Gasteiger charge is 2.34. The van der Waals surface area contributed by atoms with Gasteiger partial charge in [0.1, 0.15) is 0 Å². The Morgan fingerprint density at radius 3 is 2.47 bits per heavy atom. The van der Waals surface area contributed by atoms with Crippen LogP contribution in [0.5, 0.6) is 0 Å². The van der Waals surface area contributed by atoms with Gasteiger partial charge in [-0.05, 0) is 49.4 Å². The monoisotopic (exact) mass is 216 g/mol. The molecule has 0 aromatic heterocycles. The van der Waals surface area contributed by atoms with Crippen LogP contribution >= 0.6 is 0 Å². The van der Waals surface area contributed by atoms with Crippen LogP contribution in [0, 0.1) is 17.3 Å². The average Bonchev–Trinajstić information content (AvgIpc) is 2.15. The third-order valence-electron chi connectivity index (χ3n) is 3.88. The summed E-state index contributed by atoms with van der Waals surface area (Å²) in [5, 5.41) is 9.86. The number of alkyl halides is 1. The molecular weight excluding hydrogens is 191 g/mol. The topological polar surface area (TPSA) is 20.2 Å². The Labute approximate surface area is 93.1 Å². The SMILES string of the molecule is CC(C)(C)C1CCC(O)C(CCCF)C1. The molecule has 0 aliphatic heterocycles. The van der Waals surface area contributed by atoms with Gasteiger partial charge >= 0.3 is 0 Å². The van der Waals surface area contributed by atoms with Crippen LogP contribution in [0.3, 0.4) is 0 Å². The van der Waals surface area contributed by atoms with Crippen molar-refractivity contribution in [3.8, 4) is 0 Å². The highest BCUT2D eigenvalue weighted by atomic mass is 19.1. The maximum absolute atomic E-state index is 12.1. The fourth-order valence-corrected chi connectivity index (χ4v) is 2.68. The van der Waals surface area contributed by atoms with Gasteiger partial charge in [0.05, 0.1) is 12.8 Å². The van der Waals surface area contributed by atoms with Crippen molar-refractivity contribution in [1.82, 2.24) is 0 Å². The van der Waals surface area contributed by atoms with E-state index in [-0.39, 0.29) is 12.8 Å². The van der Waals surface area contributed by atoms with Crippen molar-refractivity contribution in [1.29, 1.82) is 0 Å². The highest BCUT2D eigenvalue weighted by molar-refractivity contribution is 4.85. The van der Waals surface area contributed by atoms with Gasteiger partial charge in [-0.25, -0.2) is 0 Å². The third kappa shape index (κ3) is 3.75. The minimum absolute atomic E-state index is 0.185. The Bertz CT molecular complexity index is 185. The van der Waals surface area contributed by atoms with Crippen LogP contribution < -0.4 is 0 Å². The smallest absolute Gasteiger partial charge is 0.0894 e. The molecule has 1 nitrogen and oxygen atoms in total. The van der Waals surface area contributed by atoms with E-state index < -0.39 is 0 Å². The summed E-state index contributed by atoms with van der Waals surface area (Å²) in [5.74, 6) is 1.02. The lowest BCUT2D eigenvalue weighted by Gasteiger charge is -2.40. The molecule has 1 aliphatic carbocycles. The quantitative estimate of drug-likeness (QED) is 0.764. The van der Waals surface area contributed by atoms with Crippen LogP contribution in [0.25, 0.3) is 0 Å². The average molecular weight is 216 g/mol. The fraction of sp³-hybridized carbons (Fsp3) is 1.00. The molecule has 3 unspecified atom stereocenters. The number of hydrogen-bond acceptors (Lipinski definition) is 1. The second kappa shape index (κ2) is 5.29. The van der Waals surface area contributed by atoms with E-state index in [2.05, 4.69) is 20.8 Å². The molecule has 0 radical (unpaired) electrons. The van der Waals surface area contributed by atoms with Crippen LogP contribution in [-0.4, -0.2) is 17.9 Å². The van der Waals surface area contributed by atoms with Crippen LogP contribution in [0.1, 0.15) is 52.9 Å². The number of hydrogen-bond donors (Lipinski definition) is 1. The van der Waals surface area contributed by atoms with E-state index in [4.69, 9.17) is 0 Å². The molecule has 0 aromatic rings. The molecule has 1 N–H and O–H groups in total. The minimum Gasteiger partial charge on any atom is -0.393 e. The van der Waals surface area contributed by atoms with Gasteiger partial charge in [0.15, 0.2) is 0 Å². The molecule has 1 fully saturated rings. The van der Waals surface area contributed by atoms with Crippen LogP contribution in [0.2, 0.25) is 0 Å². The highest BCUT2D eigenvalue weighted by Crippen LogP contribution is 2.41. The maximum atomic E-state index is 12.1. The van der Waals surface area contributed by atoms with Crippen molar-refractivity contribution in [3.63, 3.8) is 0 Å². The molecule has 0 aromatic carbocycles. The van der Waals surface area contributed by atoms with Crippen LogP contribution in [0.15, 0.2) is 0 Å². The van der Waals surface area contributed by atoms with E-state index in [1.54, 1.807) is 0 Å². The van der Waals surface area contributed by atoms with E-state index in [0.717, 1.165) is 25.7 Å². The van der Waals surface area contributed by atoms with Crippen molar-refractivity contribution in [2.24, 2.45) is 17.3 Å². The summed E-state index contributed by atoms with van der Waals surface area (Å²) < 4.78 is 12.1. The van der Waals surface area contributed by atoms with Gasteiger partial charge < -0.3 is 5.11 Å². The van der Waals surface area contributed by atoms with Gasteiger partial charge in [-0.3, -0.25) is 4.39 Å². The summed E-state index contributed by atoms with van der Waals surface area (Å²) in [6, 6.07) is 0. The molecule has 1 rings (SSSR count). The Kier molecular flexibility index (Phi) is 4.57. The van der Waals surface area contributed by atoms with E-state index >= 15 is 0 Å². The maximum Gasteiger partial charge on any atom is 0.0894 e. The van der Waals surface area contributed by atoms with Gasteiger partial charge in [-0.15, -0.1) is 0 Å². The van der Waals surface area contributed by atoms with Gasteiger partial charge in [0.25, 0.3) is 0 Å². The standard InChI is InChI=1S/C13H25FO/c1-13(2,3)11-6-7-12(15)10(9-11)5-4-8-14/h10-12,15H,4-9H2,1-3H3. The van der Waals surface area contributed by atoms with Crippen LogP contribution in [0.4, 0.5) is 4.39 Å². The Balaban J connectivity index is 2.48. The molecule has 0 heterocycles. The number of aliphatic hydroxyl groups is 1. The minimum atomic E-state index is -0.247. The lowest BCUT2D eigenvalue weighted by atomic mass is 9.67. The van der Waals surface area contributed by atoms with E-state index in [1.165, 1.54) is 0 Å². The molecule has 0 bridgehead atoms. The molecule has 15 heavy (non-hydrogen) atoms. The third-order valence-corrected chi connectivity index (χ3v) is 3.88. The van der Waals surface area contributed by atoms with Crippen molar-refractivity contribution >= 4 is 0 Å². The van der Waals surface area contributed by atoms with E-state index in [9.17, 15) is 9.50 Å². The van der Waals surface area contributed by atoms with Gasteiger partial charge in [0, 0.05) is 0 Å². The molecule has 90 valence electrons. The number of aliphatic hydroxyl groups excluding tert-OH is 1. The Morgan fingerprint density at radius 2 is 1.93 bits per heavy atom. The first kappa shape index (κ1) is 13.0. The molecule has 2 heteroatoms. The van der Waals surface area contributed by atoms with Crippen molar-refractivity contribution in [2.75, 3.05) is 6.67 Å². The second-order valence-corrected chi connectivity index (χ2v) is 6.03. The predicted molar refractivity (Wildman–Crippen MR) is 61.5 cm³/mol. The lowest BCUT2D eigenvalue weighted by Crippen LogP contribution is -2.34. The predicted octanol–water partition coefficient (Wildman–Crippen LogP) is 3.56. The normalized spacial score (nSPS) is 33.0. The molecular formula is C13H25FO. The van der Waals surface area contributed by atoms with Gasteiger partial charge in [-0.2, -0.15) is 0 Å². The first-order valence-corrected chi connectivity index (χ1v) is 6.19. The van der Waals surface area contributed by atoms with E-state index in [1.807, 2.05) is 0 Å². The number of rotatable bonds is 3. The molecule has 3 atom stereocenters. The molecule has 1 aliphatic rings. The summed E-state index contributed by atoms with van der Waals surface area (Å²) >= 11 is 0.